The number of phenolic OH excluding ortho intramolecular Hbond substituents is 1. The first-order chi connectivity index (χ1) is 11.5. The van der Waals surface area contributed by atoms with Gasteiger partial charge in [0, 0.05) is 17.7 Å². The van der Waals surface area contributed by atoms with Crippen LogP contribution in [0.4, 0.5) is 5.69 Å². The van der Waals surface area contributed by atoms with Crippen LogP contribution in [0.15, 0.2) is 52.9 Å². The Morgan fingerprint density at radius 2 is 1.79 bits per heavy atom. The molecule has 0 saturated heterocycles. The second-order valence-electron chi connectivity index (χ2n) is 4.80. The third kappa shape index (κ3) is 3.41. The molecule has 3 rings (SSSR count). The van der Waals surface area contributed by atoms with E-state index in [-0.39, 0.29) is 28.3 Å². The highest BCUT2D eigenvalue weighted by Gasteiger charge is 2.13. The van der Waals surface area contributed by atoms with Crippen LogP contribution in [0.1, 0.15) is 11.5 Å². The number of hydrogen-bond acceptors (Lipinski definition) is 6. The smallest absolute Gasteiger partial charge is 0.269 e. The van der Waals surface area contributed by atoms with Crippen LogP contribution >= 0.6 is 11.6 Å². The molecule has 120 valence electrons. The van der Waals surface area contributed by atoms with Crippen LogP contribution in [0.2, 0.25) is 0 Å². The van der Waals surface area contributed by atoms with Gasteiger partial charge in [-0.1, -0.05) is 23.7 Å². The van der Waals surface area contributed by atoms with Gasteiger partial charge >= 0.3 is 0 Å². The molecule has 7 nitrogen and oxygen atoms in total. The molecular weight excluding hydrogens is 334 g/mol. The number of halogens is 1. The lowest BCUT2D eigenvalue weighted by molar-refractivity contribution is -0.384. The topological polar surface area (TPSA) is 102 Å². The Kier molecular flexibility index (Phi) is 4.26. The van der Waals surface area contributed by atoms with Crippen LogP contribution in [0.25, 0.3) is 22.6 Å². The molecule has 1 aromatic heterocycles. The molecule has 1 N–H and O–H groups in total. The van der Waals surface area contributed by atoms with Crippen LogP contribution in [0.3, 0.4) is 0 Å². The summed E-state index contributed by atoms with van der Waals surface area (Å²) >= 11 is 6.16. The number of nitro benzene ring substituents is 1. The molecule has 3 aromatic rings. The summed E-state index contributed by atoms with van der Waals surface area (Å²) < 4.78 is 5.49. The number of nitrogens with zero attached hydrogens (tertiary/aromatic N) is 3. The molecular formula is C16H10ClN3O4. The first-order valence-electron chi connectivity index (χ1n) is 6.78. The standard InChI is InChI=1S/C16H10ClN3O4/c17-14(9-10-1-7-13(21)8-2-10)16-19-18-15(24-16)11-3-5-12(6-4-11)20(22)23/h1-9,21H/b14-9-. The van der Waals surface area contributed by atoms with Crippen LogP contribution < -0.4 is 0 Å². The van der Waals surface area contributed by atoms with E-state index >= 15 is 0 Å². The lowest BCUT2D eigenvalue weighted by Gasteiger charge is -1.96. The minimum absolute atomic E-state index is 0.0243. The second kappa shape index (κ2) is 6.51. The molecule has 0 fully saturated rings. The number of hydrogen-bond donors (Lipinski definition) is 1. The SMILES string of the molecule is O=[N+]([O-])c1ccc(-c2nnc(/C(Cl)=C/c3ccc(O)cc3)o2)cc1. The molecule has 0 atom stereocenters. The molecule has 0 radical (unpaired) electrons. The number of aromatic hydroxyl groups is 1. The maximum Gasteiger partial charge on any atom is 0.269 e. The zero-order valence-electron chi connectivity index (χ0n) is 12.1. The summed E-state index contributed by atoms with van der Waals surface area (Å²) in [5.74, 6) is 0.483. The number of non-ortho nitro benzene ring substituents is 1. The van der Waals surface area contributed by atoms with Crippen LogP contribution in [-0.2, 0) is 0 Å². The van der Waals surface area contributed by atoms with Gasteiger partial charge in [0.1, 0.15) is 10.8 Å². The Hall–Kier alpha value is -3.19. The van der Waals surface area contributed by atoms with Gasteiger partial charge in [0.05, 0.1) is 4.92 Å². The molecule has 0 aliphatic carbocycles. The summed E-state index contributed by atoms with van der Waals surface area (Å²) in [5.41, 5.74) is 1.28. The van der Waals surface area contributed by atoms with E-state index in [2.05, 4.69) is 10.2 Å². The predicted molar refractivity (Wildman–Crippen MR) is 88.2 cm³/mol. The fourth-order valence-electron chi connectivity index (χ4n) is 1.94. The summed E-state index contributed by atoms with van der Waals surface area (Å²) in [4.78, 5) is 10.2. The van der Waals surface area contributed by atoms with Crippen molar-refractivity contribution in [2.45, 2.75) is 0 Å². The van der Waals surface area contributed by atoms with Crippen molar-refractivity contribution in [2.75, 3.05) is 0 Å². The molecule has 0 aliphatic rings. The van der Waals surface area contributed by atoms with E-state index in [1.165, 1.54) is 36.4 Å². The van der Waals surface area contributed by atoms with E-state index in [9.17, 15) is 15.2 Å². The van der Waals surface area contributed by atoms with Crippen molar-refractivity contribution < 1.29 is 14.4 Å². The van der Waals surface area contributed by atoms with Crippen molar-refractivity contribution in [1.82, 2.24) is 10.2 Å². The summed E-state index contributed by atoms with van der Waals surface area (Å²) in [6, 6.07) is 12.2. The molecule has 1 heterocycles. The van der Waals surface area contributed by atoms with Gasteiger partial charge < -0.3 is 9.52 Å². The molecule has 2 aromatic carbocycles. The normalized spacial score (nSPS) is 11.5. The third-order valence-electron chi connectivity index (χ3n) is 3.14. The number of aromatic nitrogens is 2. The van der Waals surface area contributed by atoms with Gasteiger partial charge in [-0.05, 0) is 35.9 Å². The Morgan fingerprint density at radius 3 is 2.42 bits per heavy atom. The Bertz CT molecular complexity index is 902. The van der Waals surface area contributed by atoms with Gasteiger partial charge in [-0.3, -0.25) is 10.1 Å². The molecule has 0 aliphatic heterocycles. The van der Waals surface area contributed by atoms with E-state index in [4.69, 9.17) is 16.0 Å². The van der Waals surface area contributed by atoms with Crippen LogP contribution in [-0.4, -0.2) is 20.2 Å². The Labute approximate surface area is 141 Å². The molecule has 0 bridgehead atoms. The van der Waals surface area contributed by atoms with Crippen molar-refractivity contribution in [3.8, 4) is 17.2 Å². The Morgan fingerprint density at radius 1 is 1.12 bits per heavy atom. The van der Waals surface area contributed by atoms with Crippen molar-refractivity contribution in [3.05, 3.63) is 70.1 Å². The van der Waals surface area contributed by atoms with E-state index in [0.717, 1.165) is 5.56 Å². The molecule has 24 heavy (non-hydrogen) atoms. The fourth-order valence-corrected chi connectivity index (χ4v) is 2.14. The first kappa shape index (κ1) is 15.7. The molecule has 0 amide bonds. The van der Waals surface area contributed by atoms with Crippen molar-refractivity contribution in [1.29, 1.82) is 0 Å². The average Bonchev–Trinajstić information content (AvgIpc) is 3.07. The van der Waals surface area contributed by atoms with Crippen LogP contribution in [0, 0.1) is 10.1 Å². The minimum atomic E-state index is -0.486. The summed E-state index contributed by atoms with van der Waals surface area (Å²) in [7, 11) is 0. The van der Waals surface area contributed by atoms with E-state index in [1.807, 2.05) is 0 Å². The van der Waals surface area contributed by atoms with Gasteiger partial charge in [0.2, 0.25) is 5.89 Å². The lowest BCUT2D eigenvalue weighted by atomic mass is 10.2. The van der Waals surface area contributed by atoms with Gasteiger partial charge in [-0.2, -0.15) is 0 Å². The highest BCUT2D eigenvalue weighted by atomic mass is 35.5. The van der Waals surface area contributed by atoms with Crippen molar-refractivity contribution >= 4 is 28.4 Å². The predicted octanol–water partition coefficient (Wildman–Crippen LogP) is 4.09. The summed E-state index contributed by atoms with van der Waals surface area (Å²) in [5, 5.41) is 27.9. The Balaban J connectivity index is 1.84. The van der Waals surface area contributed by atoms with Crippen molar-refractivity contribution in [3.63, 3.8) is 0 Å². The highest BCUT2D eigenvalue weighted by molar-refractivity contribution is 6.50. The minimum Gasteiger partial charge on any atom is -0.508 e. The second-order valence-corrected chi connectivity index (χ2v) is 5.21. The maximum absolute atomic E-state index is 10.7. The lowest BCUT2D eigenvalue weighted by Crippen LogP contribution is -1.87. The van der Waals surface area contributed by atoms with Crippen LogP contribution in [0.5, 0.6) is 5.75 Å². The van der Waals surface area contributed by atoms with E-state index in [0.29, 0.717) is 5.56 Å². The molecule has 0 unspecified atom stereocenters. The third-order valence-corrected chi connectivity index (χ3v) is 3.41. The quantitative estimate of drug-likeness (QED) is 0.565. The van der Waals surface area contributed by atoms with Gasteiger partial charge in [-0.15, -0.1) is 10.2 Å². The van der Waals surface area contributed by atoms with E-state index in [1.54, 1.807) is 18.2 Å². The largest absolute Gasteiger partial charge is 0.508 e. The van der Waals surface area contributed by atoms with E-state index < -0.39 is 4.92 Å². The fraction of sp³-hybridized carbons (Fsp3) is 0. The van der Waals surface area contributed by atoms with Gasteiger partial charge in [0.15, 0.2) is 0 Å². The zero-order valence-corrected chi connectivity index (χ0v) is 12.8. The monoisotopic (exact) mass is 343 g/mol. The number of nitro groups is 1. The highest BCUT2D eigenvalue weighted by Crippen LogP contribution is 2.26. The van der Waals surface area contributed by atoms with Crippen molar-refractivity contribution in [2.24, 2.45) is 0 Å². The first-order valence-corrected chi connectivity index (χ1v) is 7.15. The van der Waals surface area contributed by atoms with Gasteiger partial charge in [-0.25, -0.2) is 0 Å². The maximum atomic E-state index is 10.7. The number of rotatable bonds is 4. The van der Waals surface area contributed by atoms with Gasteiger partial charge in [0.25, 0.3) is 11.6 Å². The zero-order chi connectivity index (χ0) is 17.1. The molecule has 8 heteroatoms. The molecule has 0 saturated carbocycles. The summed E-state index contributed by atoms with van der Waals surface area (Å²) in [6.45, 7) is 0. The number of phenols is 1. The summed E-state index contributed by atoms with van der Waals surface area (Å²) in [6.07, 6.45) is 1.62. The average molecular weight is 344 g/mol. The molecule has 0 spiro atoms. The number of benzene rings is 2.